The van der Waals surface area contributed by atoms with Gasteiger partial charge in [-0.25, -0.2) is 0 Å². The molecule has 6 heteroatoms. The van der Waals surface area contributed by atoms with Gasteiger partial charge in [0.15, 0.2) is 17.6 Å². The van der Waals surface area contributed by atoms with E-state index in [2.05, 4.69) is 0 Å². The first-order valence-electron chi connectivity index (χ1n) is 4.00. The molecule has 0 fully saturated rings. The third-order valence-corrected chi connectivity index (χ3v) is 1.76. The van der Waals surface area contributed by atoms with Crippen molar-refractivity contribution in [3.05, 3.63) is 23.8 Å². The van der Waals surface area contributed by atoms with Crippen LogP contribution in [0.1, 0.15) is 11.7 Å². The maximum atomic E-state index is 11.0. The molecule has 0 aliphatic rings. The second-order valence-corrected chi connectivity index (χ2v) is 2.78. The van der Waals surface area contributed by atoms with Gasteiger partial charge in [0.25, 0.3) is 5.91 Å². The lowest BCUT2D eigenvalue weighted by Gasteiger charge is -2.09. The molecule has 1 unspecified atom stereocenters. The number of hydrogen-bond donors (Lipinski definition) is 4. The fourth-order valence-corrected chi connectivity index (χ4v) is 0.999. The van der Waals surface area contributed by atoms with Gasteiger partial charge in [0, 0.05) is 0 Å². The molecule has 0 aromatic heterocycles. The number of imide groups is 1. The maximum Gasteiger partial charge on any atom is 0.259 e. The molecule has 6 nitrogen and oxygen atoms in total. The van der Waals surface area contributed by atoms with Gasteiger partial charge in [0.05, 0.1) is 0 Å². The standard InChI is InChI=1S/C9H9NO5/c11-4-10-9(15)8(14)5-1-2-6(12)7(13)3-5/h1-4,8,12-14H,(H,10,11,15). The van der Waals surface area contributed by atoms with Gasteiger partial charge in [-0.05, 0) is 17.7 Å². The minimum Gasteiger partial charge on any atom is -0.504 e. The van der Waals surface area contributed by atoms with E-state index in [-0.39, 0.29) is 17.7 Å². The number of benzene rings is 1. The van der Waals surface area contributed by atoms with Crippen LogP contribution in [0.25, 0.3) is 0 Å². The molecule has 0 spiro atoms. The smallest absolute Gasteiger partial charge is 0.259 e. The number of amides is 2. The molecule has 1 aromatic rings. The minimum atomic E-state index is -1.57. The molecular weight excluding hydrogens is 202 g/mol. The Kier molecular flexibility index (Phi) is 3.25. The van der Waals surface area contributed by atoms with Crippen LogP contribution in [0.2, 0.25) is 0 Å². The predicted molar refractivity (Wildman–Crippen MR) is 48.9 cm³/mol. The van der Waals surface area contributed by atoms with E-state index < -0.39 is 17.8 Å². The van der Waals surface area contributed by atoms with Crippen LogP contribution < -0.4 is 5.32 Å². The molecule has 0 heterocycles. The molecule has 0 aliphatic carbocycles. The second kappa shape index (κ2) is 4.43. The highest BCUT2D eigenvalue weighted by Gasteiger charge is 2.17. The number of aliphatic hydroxyl groups excluding tert-OH is 1. The Morgan fingerprint density at radius 3 is 2.53 bits per heavy atom. The van der Waals surface area contributed by atoms with Gasteiger partial charge in [-0.1, -0.05) is 6.07 Å². The molecule has 1 atom stereocenters. The minimum absolute atomic E-state index is 0.0738. The lowest BCUT2D eigenvalue weighted by molar-refractivity contribution is -0.132. The number of carbonyl (C=O) groups excluding carboxylic acids is 2. The van der Waals surface area contributed by atoms with Crippen molar-refractivity contribution in [2.45, 2.75) is 6.10 Å². The summed E-state index contributed by atoms with van der Waals surface area (Å²) in [4.78, 5) is 20.9. The summed E-state index contributed by atoms with van der Waals surface area (Å²) in [6.45, 7) is 0. The van der Waals surface area contributed by atoms with E-state index >= 15 is 0 Å². The van der Waals surface area contributed by atoms with E-state index in [1.165, 1.54) is 6.07 Å². The number of hydrogen-bond acceptors (Lipinski definition) is 5. The van der Waals surface area contributed by atoms with Gasteiger partial charge < -0.3 is 15.3 Å². The molecule has 0 radical (unpaired) electrons. The summed E-state index contributed by atoms with van der Waals surface area (Å²) in [6.07, 6.45) is -1.42. The molecule has 4 N–H and O–H groups in total. The summed E-state index contributed by atoms with van der Waals surface area (Å²) in [5.74, 6) is -1.72. The largest absolute Gasteiger partial charge is 0.504 e. The number of phenols is 2. The van der Waals surface area contributed by atoms with Gasteiger partial charge in [-0.3, -0.25) is 14.9 Å². The number of aliphatic hydroxyl groups is 1. The normalized spacial score (nSPS) is 11.8. The monoisotopic (exact) mass is 211 g/mol. The Balaban J connectivity index is 2.91. The molecule has 0 saturated carbocycles. The maximum absolute atomic E-state index is 11.0. The van der Waals surface area contributed by atoms with Crippen molar-refractivity contribution in [3.8, 4) is 11.5 Å². The van der Waals surface area contributed by atoms with Crippen LogP contribution in [0.15, 0.2) is 18.2 Å². The van der Waals surface area contributed by atoms with Crippen molar-refractivity contribution in [1.82, 2.24) is 5.32 Å². The van der Waals surface area contributed by atoms with Crippen LogP contribution in [-0.4, -0.2) is 27.6 Å². The molecule has 15 heavy (non-hydrogen) atoms. The number of phenolic OH excluding ortho intramolecular Hbond substituents is 2. The highest BCUT2D eigenvalue weighted by Crippen LogP contribution is 2.27. The van der Waals surface area contributed by atoms with Crippen molar-refractivity contribution >= 4 is 12.3 Å². The van der Waals surface area contributed by atoms with Crippen molar-refractivity contribution in [3.63, 3.8) is 0 Å². The third kappa shape index (κ3) is 2.44. The van der Waals surface area contributed by atoms with Crippen molar-refractivity contribution in [1.29, 1.82) is 0 Å². The summed E-state index contributed by atoms with van der Waals surface area (Å²) >= 11 is 0. The fraction of sp³-hybridized carbons (Fsp3) is 0.111. The summed E-state index contributed by atoms with van der Waals surface area (Å²) in [6, 6.07) is 3.41. The molecule has 1 aromatic carbocycles. The van der Waals surface area contributed by atoms with Crippen molar-refractivity contribution < 1.29 is 24.9 Å². The topological polar surface area (TPSA) is 107 Å². The fourth-order valence-electron chi connectivity index (χ4n) is 0.999. The van der Waals surface area contributed by atoms with E-state index in [0.717, 1.165) is 12.1 Å². The van der Waals surface area contributed by atoms with E-state index in [1.807, 2.05) is 0 Å². The summed E-state index contributed by atoms with van der Waals surface area (Å²) in [7, 11) is 0. The zero-order valence-electron chi connectivity index (χ0n) is 7.54. The van der Waals surface area contributed by atoms with E-state index in [9.17, 15) is 14.7 Å². The average Bonchev–Trinajstić information content (AvgIpc) is 2.21. The highest BCUT2D eigenvalue weighted by atomic mass is 16.3. The first-order chi connectivity index (χ1) is 7.06. The van der Waals surface area contributed by atoms with Gasteiger partial charge in [-0.2, -0.15) is 0 Å². The van der Waals surface area contributed by atoms with Gasteiger partial charge in [0.1, 0.15) is 0 Å². The molecule has 80 valence electrons. The number of carbonyl (C=O) groups is 2. The Bertz CT molecular complexity index is 390. The van der Waals surface area contributed by atoms with Gasteiger partial charge in [0.2, 0.25) is 6.41 Å². The summed E-state index contributed by atoms with van der Waals surface area (Å²) in [5.41, 5.74) is 0.0738. The Morgan fingerprint density at radius 2 is 2.00 bits per heavy atom. The van der Waals surface area contributed by atoms with E-state index in [0.29, 0.717) is 0 Å². The Hall–Kier alpha value is -2.08. The SMILES string of the molecule is O=CNC(=O)C(O)c1ccc(O)c(O)c1. The predicted octanol–water partition coefficient (Wildman–Crippen LogP) is -0.596. The lowest BCUT2D eigenvalue weighted by Crippen LogP contribution is -2.27. The van der Waals surface area contributed by atoms with E-state index in [1.54, 1.807) is 5.32 Å². The third-order valence-electron chi connectivity index (χ3n) is 1.76. The Labute approximate surface area is 84.8 Å². The van der Waals surface area contributed by atoms with Crippen LogP contribution in [0.5, 0.6) is 11.5 Å². The van der Waals surface area contributed by atoms with Crippen LogP contribution >= 0.6 is 0 Å². The molecule has 0 aliphatic heterocycles. The molecular formula is C9H9NO5. The molecule has 2 amide bonds. The number of rotatable bonds is 3. The van der Waals surface area contributed by atoms with Crippen LogP contribution in [0.4, 0.5) is 0 Å². The lowest BCUT2D eigenvalue weighted by atomic mass is 10.1. The van der Waals surface area contributed by atoms with E-state index in [4.69, 9.17) is 10.2 Å². The average molecular weight is 211 g/mol. The number of aromatic hydroxyl groups is 2. The van der Waals surface area contributed by atoms with Crippen molar-refractivity contribution in [2.75, 3.05) is 0 Å². The van der Waals surface area contributed by atoms with Gasteiger partial charge in [-0.15, -0.1) is 0 Å². The first kappa shape index (κ1) is 11.0. The molecule has 0 bridgehead atoms. The highest BCUT2D eigenvalue weighted by molar-refractivity contribution is 5.89. The summed E-state index contributed by atoms with van der Waals surface area (Å²) in [5, 5.41) is 29.2. The summed E-state index contributed by atoms with van der Waals surface area (Å²) < 4.78 is 0. The van der Waals surface area contributed by atoms with Crippen LogP contribution in [0, 0.1) is 0 Å². The molecule has 0 saturated heterocycles. The van der Waals surface area contributed by atoms with Crippen molar-refractivity contribution in [2.24, 2.45) is 0 Å². The second-order valence-electron chi connectivity index (χ2n) is 2.78. The molecule has 1 rings (SSSR count). The zero-order valence-corrected chi connectivity index (χ0v) is 7.54. The van der Waals surface area contributed by atoms with Crippen LogP contribution in [-0.2, 0) is 9.59 Å². The first-order valence-corrected chi connectivity index (χ1v) is 4.00. The quantitative estimate of drug-likeness (QED) is 0.394. The number of nitrogens with one attached hydrogen (secondary N) is 1. The Morgan fingerprint density at radius 1 is 1.33 bits per heavy atom. The van der Waals surface area contributed by atoms with Gasteiger partial charge >= 0.3 is 0 Å². The van der Waals surface area contributed by atoms with Crippen LogP contribution in [0.3, 0.4) is 0 Å². The zero-order chi connectivity index (χ0) is 11.4.